The lowest BCUT2D eigenvalue weighted by atomic mass is 10.1. The molecule has 6 heteroatoms. The number of nitro benzene ring substituents is 1. The molecule has 1 aromatic carbocycles. The smallest absolute Gasteiger partial charge is 0.311 e. The maximum absolute atomic E-state index is 11.0. The molecule has 0 saturated heterocycles. The lowest BCUT2D eigenvalue weighted by Crippen LogP contribution is -2.25. The zero-order valence-electron chi connectivity index (χ0n) is 11.0. The second-order valence-corrected chi connectivity index (χ2v) is 4.02. The van der Waals surface area contributed by atoms with Crippen molar-refractivity contribution in [1.29, 1.82) is 5.26 Å². The molecule has 0 fully saturated rings. The Morgan fingerprint density at radius 3 is 2.84 bits per heavy atom. The third-order valence-corrected chi connectivity index (χ3v) is 2.80. The maximum Gasteiger partial charge on any atom is 0.311 e. The second-order valence-electron chi connectivity index (χ2n) is 4.02. The summed E-state index contributed by atoms with van der Waals surface area (Å²) in [6.45, 7) is 2.19. The number of benzene rings is 1. The highest BCUT2D eigenvalue weighted by molar-refractivity contribution is 5.48. The van der Waals surface area contributed by atoms with E-state index in [0.29, 0.717) is 6.42 Å². The van der Waals surface area contributed by atoms with Crippen LogP contribution in [0.4, 0.5) is 5.69 Å². The minimum Gasteiger partial charge on any atom is -0.487 e. The molecule has 0 saturated carbocycles. The fourth-order valence-electron chi connectivity index (χ4n) is 1.61. The van der Waals surface area contributed by atoms with Crippen molar-refractivity contribution in [2.24, 2.45) is 0 Å². The highest BCUT2D eigenvalue weighted by Crippen LogP contribution is 2.28. The average Bonchev–Trinajstić information content (AvgIpc) is 2.43. The third kappa shape index (κ3) is 4.23. The molecule has 0 bridgehead atoms. The van der Waals surface area contributed by atoms with Gasteiger partial charge in [-0.25, -0.2) is 0 Å². The van der Waals surface area contributed by atoms with Crippen LogP contribution in [-0.4, -0.2) is 24.6 Å². The number of hydrogen-bond acceptors (Lipinski definition) is 5. The van der Waals surface area contributed by atoms with Crippen molar-refractivity contribution in [2.45, 2.75) is 25.8 Å². The molecule has 1 unspecified atom stereocenters. The number of nitrogens with zero attached hydrogens (tertiary/aromatic N) is 2. The Kier molecular flexibility index (Phi) is 5.76. The van der Waals surface area contributed by atoms with E-state index < -0.39 is 4.92 Å². The number of nitro groups is 1. The zero-order valence-corrected chi connectivity index (χ0v) is 11.0. The molecule has 6 nitrogen and oxygen atoms in total. The fraction of sp³-hybridized carbons (Fsp3) is 0.462. The van der Waals surface area contributed by atoms with Gasteiger partial charge < -0.3 is 10.1 Å². The number of nitrogens with one attached hydrogen (secondary N) is 1. The van der Waals surface area contributed by atoms with Gasteiger partial charge >= 0.3 is 5.69 Å². The predicted molar refractivity (Wildman–Crippen MR) is 71.0 cm³/mol. The van der Waals surface area contributed by atoms with Crippen molar-refractivity contribution in [3.8, 4) is 11.8 Å². The molecule has 0 aliphatic rings. The molecule has 0 spiro atoms. The van der Waals surface area contributed by atoms with Crippen LogP contribution >= 0.6 is 0 Å². The summed E-state index contributed by atoms with van der Waals surface area (Å²) in [6, 6.07) is 6.70. The SMILES string of the molecule is CCc1ccc(OCCC(C#N)NC)c([N+](=O)[O-])c1. The average molecular weight is 263 g/mol. The largest absolute Gasteiger partial charge is 0.487 e. The number of hydrogen-bond donors (Lipinski definition) is 1. The van der Waals surface area contributed by atoms with Crippen LogP contribution in [0.15, 0.2) is 18.2 Å². The van der Waals surface area contributed by atoms with Crippen LogP contribution in [-0.2, 0) is 6.42 Å². The Morgan fingerprint density at radius 1 is 1.58 bits per heavy atom. The van der Waals surface area contributed by atoms with Gasteiger partial charge in [0.15, 0.2) is 5.75 Å². The molecule has 1 atom stereocenters. The normalized spacial score (nSPS) is 11.6. The Bertz CT molecular complexity index is 483. The first-order chi connectivity index (χ1) is 9.12. The van der Waals surface area contributed by atoms with Crippen molar-refractivity contribution < 1.29 is 9.66 Å². The van der Waals surface area contributed by atoms with E-state index in [0.717, 1.165) is 12.0 Å². The molecule has 0 radical (unpaired) electrons. The molecule has 1 aromatic rings. The molecule has 1 rings (SSSR count). The van der Waals surface area contributed by atoms with Gasteiger partial charge in [-0.05, 0) is 25.1 Å². The Morgan fingerprint density at radius 2 is 2.32 bits per heavy atom. The third-order valence-electron chi connectivity index (χ3n) is 2.80. The molecule has 19 heavy (non-hydrogen) atoms. The number of nitriles is 1. The number of aryl methyl sites for hydroxylation is 1. The van der Waals surface area contributed by atoms with Crippen molar-refractivity contribution >= 4 is 5.69 Å². The van der Waals surface area contributed by atoms with Crippen LogP contribution < -0.4 is 10.1 Å². The van der Waals surface area contributed by atoms with Gasteiger partial charge in [-0.1, -0.05) is 13.0 Å². The van der Waals surface area contributed by atoms with Crippen LogP contribution in [0.2, 0.25) is 0 Å². The lowest BCUT2D eigenvalue weighted by molar-refractivity contribution is -0.385. The quantitative estimate of drug-likeness (QED) is 0.600. The van der Waals surface area contributed by atoms with E-state index in [9.17, 15) is 10.1 Å². The fourth-order valence-corrected chi connectivity index (χ4v) is 1.61. The van der Waals surface area contributed by atoms with Gasteiger partial charge in [-0.15, -0.1) is 0 Å². The van der Waals surface area contributed by atoms with Crippen LogP contribution in [0.1, 0.15) is 18.9 Å². The molecule has 0 aromatic heterocycles. The summed E-state index contributed by atoms with van der Waals surface area (Å²) in [5, 5.41) is 22.5. The van der Waals surface area contributed by atoms with Crippen molar-refractivity contribution in [3.63, 3.8) is 0 Å². The zero-order chi connectivity index (χ0) is 14.3. The molecular formula is C13H17N3O3. The van der Waals surface area contributed by atoms with E-state index >= 15 is 0 Å². The first-order valence-electron chi connectivity index (χ1n) is 6.09. The van der Waals surface area contributed by atoms with Gasteiger partial charge in [0, 0.05) is 12.5 Å². The van der Waals surface area contributed by atoms with Crippen molar-refractivity contribution in [1.82, 2.24) is 5.32 Å². The second kappa shape index (κ2) is 7.34. The summed E-state index contributed by atoms with van der Waals surface area (Å²) in [6.07, 6.45) is 1.21. The highest BCUT2D eigenvalue weighted by atomic mass is 16.6. The topological polar surface area (TPSA) is 88.2 Å². The van der Waals surface area contributed by atoms with Crippen molar-refractivity contribution in [3.05, 3.63) is 33.9 Å². The lowest BCUT2D eigenvalue weighted by Gasteiger charge is -2.10. The van der Waals surface area contributed by atoms with Gasteiger partial charge in [0.2, 0.25) is 0 Å². The molecule has 102 valence electrons. The van der Waals surface area contributed by atoms with E-state index in [1.54, 1.807) is 13.1 Å². The first kappa shape index (κ1) is 14.9. The van der Waals surface area contributed by atoms with E-state index in [1.807, 2.05) is 13.0 Å². The number of ether oxygens (including phenoxy) is 1. The Labute approximate surface area is 112 Å². The van der Waals surface area contributed by atoms with Gasteiger partial charge in [-0.3, -0.25) is 10.1 Å². The van der Waals surface area contributed by atoms with E-state index in [1.165, 1.54) is 6.07 Å². The summed E-state index contributed by atoms with van der Waals surface area (Å²) < 4.78 is 5.40. The van der Waals surface area contributed by atoms with Crippen LogP contribution in [0.25, 0.3) is 0 Å². The Balaban J connectivity index is 2.73. The molecule has 0 amide bonds. The van der Waals surface area contributed by atoms with Gasteiger partial charge in [-0.2, -0.15) is 5.26 Å². The minimum absolute atomic E-state index is 0.0303. The standard InChI is InChI=1S/C13H17N3O3/c1-3-10-4-5-13(12(8-10)16(17)18)19-7-6-11(9-14)15-2/h4-5,8,11,15H,3,6-7H2,1-2H3. The number of rotatable bonds is 7. The maximum atomic E-state index is 11.0. The van der Waals surface area contributed by atoms with Gasteiger partial charge in [0.05, 0.1) is 23.6 Å². The summed E-state index contributed by atoms with van der Waals surface area (Å²) >= 11 is 0. The monoisotopic (exact) mass is 263 g/mol. The van der Waals surface area contributed by atoms with Crippen LogP contribution in [0, 0.1) is 21.4 Å². The van der Waals surface area contributed by atoms with Crippen LogP contribution in [0.3, 0.4) is 0 Å². The van der Waals surface area contributed by atoms with E-state index in [-0.39, 0.29) is 24.1 Å². The predicted octanol–water partition coefficient (Wildman–Crippen LogP) is 2.04. The van der Waals surface area contributed by atoms with E-state index in [4.69, 9.17) is 10.00 Å². The van der Waals surface area contributed by atoms with Crippen molar-refractivity contribution in [2.75, 3.05) is 13.7 Å². The van der Waals surface area contributed by atoms with Crippen LogP contribution in [0.5, 0.6) is 5.75 Å². The Hall–Kier alpha value is -2.13. The summed E-state index contributed by atoms with van der Waals surface area (Å²) in [5.41, 5.74) is 0.862. The minimum atomic E-state index is -0.450. The van der Waals surface area contributed by atoms with Gasteiger partial charge in [0.25, 0.3) is 0 Å². The summed E-state index contributed by atoms with van der Waals surface area (Å²) in [4.78, 5) is 10.5. The molecule has 0 aliphatic carbocycles. The summed E-state index contributed by atoms with van der Waals surface area (Å²) in [5.74, 6) is 0.245. The summed E-state index contributed by atoms with van der Waals surface area (Å²) in [7, 11) is 1.69. The first-order valence-corrected chi connectivity index (χ1v) is 6.09. The van der Waals surface area contributed by atoms with E-state index in [2.05, 4.69) is 11.4 Å². The molecular weight excluding hydrogens is 246 g/mol. The molecule has 0 heterocycles. The molecule has 1 N–H and O–H groups in total. The molecule has 0 aliphatic heterocycles. The van der Waals surface area contributed by atoms with Gasteiger partial charge in [0.1, 0.15) is 0 Å². The highest BCUT2D eigenvalue weighted by Gasteiger charge is 2.16.